The van der Waals surface area contributed by atoms with Gasteiger partial charge in [-0.2, -0.15) is 11.8 Å². The first-order valence-corrected chi connectivity index (χ1v) is 10.5. The lowest BCUT2D eigenvalue weighted by Crippen LogP contribution is -2.26. The van der Waals surface area contributed by atoms with Crippen LogP contribution < -0.4 is 16.0 Å². The molecule has 10 heteroatoms. The number of hydrogen-bond donors (Lipinski definition) is 3. The van der Waals surface area contributed by atoms with Gasteiger partial charge in [-0.25, -0.2) is 0 Å². The van der Waals surface area contributed by atoms with E-state index >= 15 is 0 Å². The number of nitrogens with zero attached hydrogens (tertiary/aromatic N) is 2. The Kier molecular flexibility index (Phi) is 9.23. The molecule has 0 atom stereocenters. The molecule has 0 aliphatic carbocycles. The van der Waals surface area contributed by atoms with Gasteiger partial charge in [-0.1, -0.05) is 6.07 Å². The van der Waals surface area contributed by atoms with Gasteiger partial charge in [0.1, 0.15) is 11.5 Å². The number of hydrogen-bond acceptors (Lipinski definition) is 8. The Morgan fingerprint density at radius 1 is 1.27 bits per heavy atom. The van der Waals surface area contributed by atoms with E-state index in [0.717, 1.165) is 35.8 Å². The Balaban J connectivity index is 1.77. The lowest BCUT2D eigenvalue weighted by atomic mass is 10.2. The Morgan fingerprint density at radius 2 is 2.03 bits per heavy atom. The molecule has 2 aromatic rings. The van der Waals surface area contributed by atoms with Crippen molar-refractivity contribution < 1.29 is 14.1 Å². The van der Waals surface area contributed by atoms with Gasteiger partial charge in [-0.05, 0) is 44.4 Å². The first-order valence-electron chi connectivity index (χ1n) is 9.36. The van der Waals surface area contributed by atoms with Crippen molar-refractivity contribution in [3.8, 4) is 0 Å². The summed E-state index contributed by atoms with van der Waals surface area (Å²) < 4.78 is 5.76. The van der Waals surface area contributed by atoms with E-state index in [9.17, 15) is 14.9 Å². The number of amides is 1. The molecule has 1 aromatic carbocycles. The number of thioether (sulfide) groups is 1. The first kappa shape index (κ1) is 23.3. The van der Waals surface area contributed by atoms with Crippen molar-refractivity contribution >= 4 is 23.4 Å². The van der Waals surface area contributed by atoms with Crippen LogP contribution in [-0.4, -0.2) is 49.2 Å². The molecule has 0 saturated carbocycles. The third kappa shape index (κ3) is 8.18. The van der Waals surface area contributed by atoms with Gasteiger partial charge in [-0.3, -0.25) is 14.9 Å². The molecule has 0 aliphatic rings. The molecule has 9 nitrogen and oxygen atoms in total. The molecule has 0 radical (unpaired) electrons. The number of anilines is 1. The second kappa shape index (κ2) is 11.9. The molecular weight excluding hydrogens is 406 g/mol. The van der Waals surface area contributed by atoms with Gasteiger partial charge in [0.25, 0.3) is 12.1 Å². The minimum Gasteiger partial charge on any atom is -0.464 e. The highest BCUT2D eigenvalue weighted by Crippen LogP contribution is 2.16. The number of carbonyl (C=O) groups is 1. The van der Waals surface area contributed by atoms with Crippen LogP contribution in [0.15, 0.2) is 52.8 Å². The average molecular weight is 434 g/mol. The summed E-state index contributed by atoms with van der Waals surface area (Å²) in [4.78, 5) is 24.5. The molecular formula is C20H27N5O4S. The van der Waals surface area contributed by atoms with Gasteiger partial charge >= 0.3 is 0 Å². The zero-order valence-electron chi connectivity index (χ0n) is 17.3. The van der Waals surface area contributed by atoms with Gasteiger partial charge in [-0.15, -0.1) is 0 Å². The predicted octanol–water partition coefficient (Wildman–Crippen LogP) is 2.71. The highest BCUT2D eigenvalue weighted by molar-refractivity contribution is 7.98. The summed E-state index contributed by atoms with van der Waals surface area (Å²) in [5.74, 6) is 3.38. The van der Waals surface area contributed by atoms with Crippen molar-refractivity contribution in [2.75, 3.05) is 38.8 Å². The fourth-order valence-corrected chi connectivity index (χ4v) is 3.31. The van der Waals surface area contributed by atoms with Crippen LogP contribution in [0.1, 0.15) is 21.9 Å². The summed E-state index contributed by atoms with van der Waals surface area (Å²) in [6.07, 6.45) is 0.826. The maximum atomic E-state index is 12.4. The van der Waals surface area contributed by atoms with Crippen molar-refractivity contribution in [3.05, 3.63) is 75.6 Å². The van der Waals surface area contributed by atoms with Gasteiger partial charge in [0.05, 0.1) is 17.2 Å². The molecule has 0 unspecified atom stereocenters. The van der Waals surface area contributed by atoms with Crippen molar-refractivity contribution in [2.45, 2.75) is 12.3 Å². The SMILES string of the molecule is CNC(=C[N+](=O)[O-])Nc1cccc(C(=O)NCCSCc2ccc(CN(C)C)o2)c1. The molecule has 0 fully saturated rings. The Hall–Kier alpha value is -2.98. The lowest BCUT2D eigenvalue weighted by Gasteiger charge is -2.10. The molecule has 1 aromatic heterocycles. The molecule has 162 valence electrons. The standard InChI is InChI=1S/C20H27N5O4S/c1-21-19(13-25(27)28)23-16-6-4-5-15(11-16)20(26)22-9-10-30-14-18-8-7-17(29-18)12-24(2)3/h4-8,11,13,21,23H,9-10,12,14H2,1-3H3,(H,22,26). The molecule has 2 rings (SSSR count). The molecule has 0 bridgehead atoms. The lowest BCUT2D eigenvalue weighted by molar-refractivity contribution is -0.403. The quantitative estimate of drug-likeness (QED) is 0.266. The van der Waals surface area contributed by atoms with Crippen molar-refractivity contribution in [3.63, 3.8) is 0 Å². The van der Waals surface area contributed by atoms with E-state index in [1.54, 1.807) is 43.1 Å². The molecule has 1 amide bonds. The molecule has 0 aliphatic heterocycles. The topological polar surface area (TPSA) is 113 Å². The zero-order chi connectivity index (χ0) is 21.9. The average Bonchev–Trinajstić information content (AvgIpc) is 3.13. The van der Waals surface area contributed by atoms with Crippen LogP contribution in [0.3, 0.4) is 0 Å². The van der Waals surface area contributed by atoms with E-state index in [4.69, 9.17) is 4.42 Å². The van der Waals surface area contributed by atoms with Gasteiger partial charge in [0.15, 0.2) is 5.82 Å². The maximum absolute atomic E-state index is 12.4. The largest absolute Gasteiger partial charge is 0.464 e. The summed E-state index contributed by atoms with van der Waals surface area (Å²) >= 11 is 1.68. The van der Waals surface area contributed by atoms with Crippen LogP contribution in [0, 0.1) is 10.1 Å². The number of carbonyl (C=O) groups excluding carboxylic acids is 1. The Labute approximate surface area is 180 Å². The highest BCUT2D eigenvalue weighted by Gasteiger charge is 2.08. The number of rotatable bonds is 12. The number of nitrogens with one attached hydrogen (secondary N) is 3. The van der Waals surface area contributed by atoms with Gasteiger partial charge < -0.3 is 25.3 Å². The number of furan rings is 1. The summed E-state index contributed by atoms with van der Waals surface area (Å²) in [6, 6.07) is 10.7. The number of benzene rings is 1. The second-order valence-corrected chi connectivity index (χ2v) is 7.80. The normalized spacial score (nSPS) is 11.4. The van der Waals surface area contributed by atoms with Crippen LogP contribution in [-0.2, 0) is 12.3 Å². The van der Waals surface area contributed by atoms with E-state index in [1.807, 2.05) is 31.1 Å². The minimum atomic E-state index is -0.557. The van der Waals surface area contributed by atoms with Crippen LogP contribution >= 0.6 is 11.8 Å². The van der Waals surface area contributed by atoms with Crippen molar-refractivity contribution in [1.82, 2.24) is 15.5 Å². The molecule has 0 saturated heterocycles. The smallest absolute Gasteiger partial charge is 0.274 e. The van der Waals surface area contributed by atoms with Crippen LogP contribution in [0.5, 0.6) is 0 Å². The summed E-state index contributed by atoms with van der Waals surface area (Å²) in [5, 5.41) is 19.1. The second-order valence-electron chi connectivity index (χ2n) is 6.70. The molecule has 1 heterocycles. The maximum Gasteiger partial charge on any atom is 0.274 e. The Morgan fingerprint density at radius 3 is 2.73 bits per heavy atom. The minimum absolute atomic E-state index is 0.199. The van der Waals surface area contributed by atoms with E-state index in [1.165, 1.54) is 0 Å². The van der Waals surface area contributed by atoms with E-state index < -0.39 is 4.92 Å². The summed E-state index contributed by atoms with van der Waals surface area (Å²) in [6.45, 7) is 1.29. The van der Waals surface area contributed by atoms with Gasteiger partial charge in [0.2, 0.25) is 0 Å². The molecule has 0 spiro atoms. The first-order chi connectivity index (χ1) is 14.4. The number of nitro groups is 1. The van der Waals surface area contributed by atoms with Crippen LogP contribution in [0.4, 0.5) is 5.69 Å². The van der Waals surface area contributed by atoms with Crippen molar-refractivity contribution in [1.29, 1.82) is 0 Å². The van der Waals surface area contributed by atoms with E-state index in [0.29, 0.717) is 17.8 Å². The van der Waals surface area contributed by atoms with Crippen molar-refractivity contribution in [2.24, 2.45) is 0 Å². The highest BCUT2D eigenvalue weighted by atomic mass is 32.2. The third-order valence-corrected chi connectivity index (χ3v) is 4.85. The predicted molar refractivity (Wildman–Crippen MR) is 119 cm³/mol. The fraction of sp³-hybridized carbons (Fsp3) is 0.350. The third-order valence-electron chi connectivity index (χ3n) is 3.87. The summed E-state index contributed by atoms with van der Waals surface area (Å²) in [5.41, 5.74) is 1.05. The van der Waals surface area contributed by atoms with E-state index in [-0.39, 0.29) is 11.7 Å². The van der Waals surface area contributed by atoms with Crippen LogP contribution in [0.25, 0.3) is 0 Å². The zero-order valence-corrected chi connectivity index (χ0v) is 18.1. The van der Waals surface area contributed by atoms with Gasteiger partial charge in [0, 0.05) is 30.6 Å². The summed E-state index contributed by atoms with van der Waals surface area (Å²) in [7, 11) is 5.56. The monoisotopic (exact) mass is 433 g/mol. The Bertz CT molecular complexity index is 882. The van der Waals surface area contributed by atoms with Crippen LogP contribution in [0.2, 0.25) is 0 Å². The fourth-order valence-electron chi connectivity index (χ4n) is 2.57. The van der Waals surface area contributed by atoms with E-state index in [2.05, 4.69) is 16.0 Å². The molecule has 30 heavy (non-hydrogen) atoms. The molecule has 3 N–H and O–H groups in total.